The van der Waals surface area contributed by atoms with Crippen molar-refractivity contribution in [1.82, 2.24) is 4.98 Å². The van der Waals surface area contributed by atoms with Gasteiger partial charge in [0.1, 0.15) is 0 Å². The predicted molar refractivity (Wildman–Crippen MR) is 114 cm³/mol. The van der Waals surface area contributed by atoms with Gasteiger partial charge in [-0.25, -0.2) is 9.78 Å². The molecule has 1 heterocycles. The van der Waals surface area contributed by atoms with Crippen LogP contribution in [0.3, 0.4) is 0 Å². The molecule has 166 valence electrons. The number of anilines is 2. The van der Waals surface area contributed by atoms with E-state index in [1.807, 2.05) is 0 Å². The molecule has 10 heteroatoms. The quantitative estimate of drug-likeness (QED) is 0.276. The van der Waals surface area contributed by atoms with Crippen LogP contribution >= 0.6 is 11.3 Å². The summed E-state index contributed by atoms with van der Waals surface area (Å²) in [6.07, 6.45) is -2.02. The number of thiazole rings is 1. The molecular weight excluding hydrogens is 445 g/mol. The van der Waals surface area contributed by atoms with E-state index in [1.165, 1.54) is 32.2 Å². The average Bonchev–Trinajstić information content (AvgIpc) is 3.20. The lowest BCUT2D eigenvalue weighted by molar-refractivity contribution is -0.137. The lowest BCUT2D eigenvalue weighted by Gasteiger charge is -2.19. The first-order valence-corrected chi connectivity index (χ1v) is 10.0. The Morgan fingerprint density at radius 2 is 1.81 bits per heavy atom. The number of carbonyl (C=O) groups excluding carboxylic acids is 2. The van der Waals surface area contributed by atoms with Crippen LogP contribution in [0.25, 0.3) is 6.08 Å². The fraction of sp³-hybridized carbons (Fsp3) is 0.136. The van der Waals surface area contributed by atoms with Gasteiger partial charge in [0.05, 0.1) is 24.1 Å². The minimum absolute atomic E-state index is 0.0350. The van der Waals surface area contributed by atoms with E-state index in [2.05, 4.69) is 4.98 Å². The second-order valence-corrected chi connectivity index (χ2v) is 7.20. The fourth-order valence-electron chi connectivity index (χ4n) is 2.70. The number of nitrogens with zero attached hydrogens (tertiary/aromatic N) is 2. The zero-order valence-corrected chi connectivity index (χ0v) is 17.7. The van der Waals surface area contributed by atoms with Crippen LogP contribution in [0.15, 0.2) is 60.0 Å². The van der Waals surface area contributed by atoms with E-state index in [-0.39, 0.29) is 16.6 Å². The van der Waals surface area contributed by atoms with E-state index in [9.17, 15) is 22.8 Å². The van der Waals surface area contributed by atoms with Gasteiger partial charge in [0.25, 0.3) is 0 Å². The van der Waals surface area contributed by atoms with Crippen LogP contribution in [0, 0.1) is 0 Å². The first-order chi connectivity index (χ1) is 15.2. The Labute approximate surface area is 185 Å². The number of hydrogen-bond donors (Lipinski definition) is 0. The smallest absolute Gasteiger partial charge is 0.416 e. The molecule has 1 amide bonds. The standard InChI is InChI=1S/C22H17F3N2O4S/c1-14(28)27(17-7-5-6-15(12-17)22(23,24)25)21-26-16(13-32-21)10-11-20(29)31-19-9-4-3-8-18(19)30-2/h3-13H,1-2H3/b11-10+. The number of rotatable bonds is 6. The summed E-state index contributed by atoms with van der Waals surface area (Å²) < 4.78 is 49.5. The molecule has 0 atom stereocenters. The second-order valence-electron chi connectivity index (χ2n) is 6.36. The van der Waals surface area contributed by atoms with Crippen LogP contribution in [0.5, 0.6) is 11.5 Å². The predicted octanol–water partition coefficient (Wildman–Crippen LogP) is 5.47. The van der Waals surface area contributed by atoms with Crippen molar-refractivity contribution >= 4 is 40.1 Å². The summed E-state index contributed by atoms with van der Waals surface area (Å²) in [5, 5.41) is 1.72. The second kappa shape index (κ2) is 9.65. The van der Waals surface area contributed by atoms with Crippen LogP contribution in [0.1, 0.15) is 18.2 Å². The highest BCUT2D eigenvalue weighted by molar-refractivity contribution is 7.14. The number of alkyl halides is 3. The van der Waals surface area contributed by atoms with Crippen molar-refractivity contribution in [2.75, 3.05) is 12.0 Å². The van der Waals surface area contributed by atoms with E-state index in [0.717, 1.165) is 34.4 Å². The lowest BCUT2D eigenvalue weighted by Crippen LogP contribution is -2.23. The van der Waals surface area contributed by atoms with Crippen molar-refractivity contribution in [2.45, 2.75) is 13.1 Å². The number of esters is 1. The van der Waals surface area contributed by atoms with Gasteiger partial charge in [-0.05, 0) is 36.4 Å². The third-order valence-electron chi connectivity index (χ3n) is 4.12. The number of para-hydroxylation sites is 2. The van der Waals surface area contributed by atoms with Crippen molar-refractivity contribution in [2.24, 2.45) is 0 Å². The molecule has 3 rings (SSSR count). The Morgan fingerprint density at radius 1 is 1.09 bits per heavy atom. The first kappa shape index (κ1) is 23.0. The molecule has 3 aromatic rings. The van der Waals surface area contributed by atoms with Gasteiger partial charge in [-0.1, -0.05) is 18.2 Å². The monoisotopic (exact) mass is 462 g/mol. The maximum atomic E-state index is 13.0. The maximum absolute atomic E-state index is 13.0. The molecule has 0 aliphatic rings. The molecular formula is C22H17F3N2O4S. The third-order valence-corrected chi connectivity index (χ3v) is 4.96. The van der Waals surface area contributed by atoms with Crippen molar-refractivity contribution in [3.05, 3.63) is 71.2 Å². The van der Waals surface area contributed by atoms with Gasteiger partial charge < -0.3 is 9.47 Å². The Kier molecular flexibility index (Phi) is 6.94. The Balaban J connectivity index is 1.78. The van der Waals surface area contributed by atoms with Gasteiger partial charge in [-0.2, -0.15) is 13.2 Å². The summed E-state index contributed by atoms with van der Waals surface area (Å²) in [5.74, 6) is -0.547. The summed E-state index contributed by atoms with van der Waals surface area (Å²) in [7, 11) is 1.45. The molecule has 0 unspecified atom stereocenters. The number of ether oxygens (including phenoxy) is 2. The van der Waals surface area contributed by atoms with E-state index >= 15 is 0 Å². The molecule has 0 spiro atoms. The largest absolute Gasteiger partial charge is 0.493 e. The van der Waals surface area contributed by atoms with Gasteiger partial charge in [0, 0.05) is 18.4 Å². The highest BCUT2D eigenvalue weighted by atomic mass is 32.1. The topological polar surface area (TPSA) is 68.7 Å². The molecule has 0 aliphatic heterocycles. The molecule has 0 saturated carbocycles. The zero-order valence-electron chi connectivity index (χ0n) is 16.9. The van der Waals surface area contributed by atoms with Gasteiger partial charge in [0.15, 0.2) is 16.6 Å². The Morgan fingerprint density at radius 3 is 2.47 bits per heavy atom. The number of carbonyl (C=O) groups is 2. The van der Waals surface area contributed by atoms with E-state index in [0.29, 0.717) is 11.4 Å². The van der Waals surface area contributed by atoms with Crippen LogP contribution in [0.2, 0.25) is 0 Å². The average molecular weight is 462 g/mol. The highest BCUT2D eigenvalue weighted by Crippen LogP contribution is 2.35. The number of hydrogen-bond acceptors (Lipinski definition) is 6. The summed E-state index contributed by atoms with van der Waals surface area (Å²) in [6, 6.07) is 11.0. The molecule has 6 nitrogen and oxygen atoms in total. The van der Waals surface area contributed by atoms with Crippen molar-refractivity contribution in [3.8, 4) is 11.5 Å². The van der Waals surface area contributed by atoms with Crippen molar-refractivity contribution in [1.29, 1.82) is 0 Å². The molecule has 0 N–H and O–H groups in total. The zero-order chi connectivity index (χ0) is 23.3. The Bertz CT molecular complexity index is 1160. The molecule has 0 radical (unpaired) electrons. The summed E-state index contributed by atoms with van der Waals surface area (Å²) >= 11 is 1.05. The first-order valence-electron chi connectivity index (χ1n) is 9.15. The number of benzene rings is 2. The van der Waals surface area contributed by atoms with Crippen LogP contribution < -0.4 is 14.4 Å². The van der Waals surface area contributed by atoms with Crippen LogP contribution in [-0.2, 0) is 15.8 Å². The summed E-state index contributed by atoms with van der Waals surface area (Å²) in [4.78, 5) is 29.6. The highest BCUT2D eigenvalue weighted by Gasteiger charge is 2.31. The molecule has 0 fully saturated rings. The number of aromatic nitrogens is 1. The molecule has 2 aromatic carbocycles. The van der Waals surface area contributed by atoms with E-state index in [1.54, 1.807) is 29.6 Å². The van der Waals surface area contributed by atoms with Crippen LogP contribution in [-0.4, -0.2) is 24.0 Å². The normalized spacial score (nSPS) is 11.4. The minimum atomic E-state index is -4.54. The maximum Gasteiger partial charge on any atom is 0.416 e. The van der Waals surface area contributed by atoms with E-state index < -0.39 is 23.6 Å². The molecule has 0 bridgehead atoms. The fourth-order valence-corrected chi connectivity index (χ4v) is 3.56. The lowest BCUT2D eigenvalue weighted by atomic mass is 10.2. The molecule has 0 aliphatic carbocycles. The molecule has 0 saturated heterocycles. The minimum Gasteiger partial charge on any atom is -0.493 e. The SMILES string of the molecule is COc1ccccc1OC(=O)/C=C/c1csc(N(C(C)=O)c2cccc(C(F)(F)F)c2)n1. The number of methoxy groups -OCH3 is 1. The van der Waals surface area contributed by atoms with Gasteiger partial charge >= 0.3 is 12.1 Å². The number of amides is 1. The van der Waals surface area contributed by atoms with Crippen LogP contribution in [0.4, 0.5) is 24.0 Å². The van der Waals surface area contributed by atoms with Gasteiger partial charge in [-0.3, -0.25) is 9.69 Å². The Hall–Kier alpha value is -3.66. The number of halogens is 3. The third kappa shape index (κ3) is 5.52. The van der Waals surface area contributed by atoms with Crippen molar-refractivity contribution < 1.29 is 32.2 Å². The molecule has 32 heavy (non-hydrogen) atoms. The summed E-state index contributed by atoms with van der Waals surface area (Å²) in [6.45, 7) is 1.22. The molecule has 1 aromatic heterocycles. The van der Waals surface area contributed by atoms with Gasteiger partial charge in [-0.15, -0.1) is 11.3 Å². The van der Waals surface area contributed by atoms with Gasteiger partial charge in [0.2, 0.25) is 5.91 Å². The van der Waals surface area contributed by atoms with Crippen molar-refractivity contribution in [3.63, 3.8) is 0 Å². The summed E-state index contributed by atoms with van der Waals surface area (Å²) in [5.41, 5.74) is -0.509. The van der Waals surface area contributed by atoms with E-state index in [4.69, 9.17) is 9.47 Å².